The van der Waals surface area contributed by atoms with E-state index < -0.39 is 0 Å². The lowest BCUT2D eigenvalue weighted by Crippen LogP contribution is -2.22. The smallest absolute Gasteiger partial charge is 0.137 e. The second-order valence-corrected chi connectivity index (χ2v) is 6.02. The Kier molecular flexibility index (Phi) is 6.68. The quantitative estimate of drug-likeness (QED) is 0.767. The van der Waals surface area contributed by atoms with Gasteiger partial charge in [-0.3, -0.25) is 0 Å². The van der Waals surface area contributed by atoms with E-state index in [1.54, 1.807) is 17.8 Å². The predicted molar refractivity (Wildman–Crippen MR) is 77.7 cm³/mol. The molecule has 0 spiro atoms. The number of nitrogens with zero attached hydrogens (tertiary/aromatic N) is 1. The van der Waals surface area contributed by atoms with Crippen LogP contribution in [0.1, 0.15) is 19.4 Å². The van der Waals surface area contributed by atoms with Crippen LogP contribution in [0.25, 0.3) is 0 Å². The van der Waals surface area contributed by atoms with Crippen LogP contribution in [0.5, 0.6) is 0 Å². The standard InChI is InChI=1S/C14H23FN2S/c1-11(2)16-10-12-6-5-7-13(15)14(12)18-9-8-17(3)4/h5-7,11,16H,8-10H2,1-4H3. The summed E-state index contributed by atoms with van der Waals surface area (Å²) >= 11 is 1.60. The van der Waals surface area contributed by atoms with E-state index in [2.05, 4.69) is 24.1 Å². The largest absolute Gasteiger partial charge is 0.310 e. The molecular weight excluding hydrogens is 247 g/mol. The molecule has 4 heteroatoms. The van der Waals surface area contributed by atoms with Gasteiger partial charge in [0.05, 0.1) is 0 Å². The third-order valence-electron chi connectivity index (χ3n) is 2.53. The van der Waals surface area contributed by atoms with Gasteiger partial charge in [-0.15, -0.1) is 11.8 Å². The number of benzene rings is 1. The lowest BCUT2D eigenvalue weighted by molar-refractivity contribution is 0.437. The molecule has 0 aliphatic heterocycles. The van der Waals surface area contributed by atoms with Crippen molar-refractivity contribution < 1.29 is 4.39 Å². The van der Waals surface area contributed by atoms with Crippen molar-refractivity contribution in [1.29, 1.82) is 0 Å². The van der Waals surface area contributed by atoms with Gasteiger partial charge in [-0.25, -0.2) is 4.39 Å². The summed E-state index contributed by atoms with van der Waals surface area (Å²) in [5.41, 5.74) is 1.05. The Hall–Kier alpha value is -0.580. The second-order valence-electron chi connectivity index (χ2n) is 4.92. The molecule has 0 aromatic heterocycles. The zero-order valence-corrected chi connectivity index (χ0v) is 12.5. The highest BCUT2D eigenvalue weighted by Crippen LogP contribution is 2.26. The first-order chi connectivity index (χ1) is 8.50. The summed E-state index contributed by atoms with van der Waals surface area (Å²) < 4.78 is 13.8. The highest BCUT2D eigenvalue weighted by atomic mass is 32.2. The first-order valence-electron chi connectivity index (χ1n) is 6.29. The van der Waals surface area contributed by atoms with E-state index in [-0.39, 0.29) is 5.82 Å². The lowest BCUT2D eigenvalue weighted by Gasteiger charge is -2.14. The summed E-state index contributed by atoms with van der Waals surface area (Å²) in [6, 6.07) is 5.73. The fourth-order valence-electron chi connectivity index (χ4n) is 1.50. The Balaban J connectivity index is 2.67. The minimum Gasteiger partial charge on any atom is -0.310 e. The van der Waals surface area contributed by atoms with Crippen molar-refractivity contribution in [2.45, 2.75) is 31.3 Å². The zero-order valence-electron chi connectivity index (χ0n) is 11.7. The predicted octanol–water partition coefficient (Wildman–Crippen LogP) is 2.98. The molecule has 0 atom stereocenters. The van der Waals surface area contributed by atoms with Crippen molar-refractivity contribution in [2.75, 3.05) is 26.4 Å². The molecule has 0 unspecified atom stereocenters. The van der Waals surface area contributed by atoms with Crippen molar-refractivity contribution in [3.05, 3.63) is 29.6 Å². The molecule has 2 nitrogen and oxygen atoms in total. The van der Waals surface area contributed by atoms with Crippen molar-refractivity contribution in [3.63, 3.8) is 0 Å². The monoisotopic (exact) mass is 270 g/mol. The first-order valence-corrected chi connectivity index (χ1v) is 7.27. The molecule has 0 fully saturated rings. The first kappa shape index (κ1) is 15.5. The average molecular weight is 270 g/mol. The van der Waals surface area contributed by atoms with Gasteiger partial charge in [-0.1, -0.05) is 26.0 Å². The molecule has 0 saturated carbocycles. The van der Waals surface area contributed by atoms with Crippen LogP contribution < -0.4 is 5.32 Å². The number of rotatable bonds is 7. The third-order valence-corrected chi connectivity index (χ3v) is 3.67. The van der Waals surface area contributed by atoms with Gasteiger partial charge in [0.15, 0.2) is 0 Å². The maximum Gasteiger partial charge on any atom is 0.137 e. The molecule has 0 heterocycles. The molecule has 0 aliphatic rings. The molecular formula is C14H23FN2S. The van der Waals surface area contributed by atoms with Crippen LogP contribution in [0.2, 0.25) is 0 Å². The molecule has 1 rings (SSSR count). The van der Waals surface area contributed by atoms with Gasteiger partial charge >= 0.3 is 0 Å². The van der Waals surface area contributed by atoms with Crippen molar-refractivity contribution in [1.82, 2.24) is 10.2 Å². The van der Waals surface area contributed by atoms with Crippen LogP contribution in [0.4, 0.5) is 4.39 Å². The molecule has 18 heavy (non-hydrogen) atoms. The topological polar surface area (TPSA) is 15.3 Å². The SMILES string of the molecule is CC(C)NCc1cccc(F)c1SCCN(C)C. The van der Waals surface area contributed by atoms with Crippen molar-refractivity contribution >= 4 is 11.8 Å². The summed E-state index contributed by atoms with van der Waals surface area (Å²) in [6.07, 6.45) is 0. The highest BCUT2D eigenvalue weighted by molar-refractivity contribution is 7.99. The average Bonchev–Trinajstić information content (AvgIpc) is 2.28. The highest BCUT2D eigenvalue weighted by Gasteiger charge is 2.09. The van der Waals surface area contributed by atoms with Gasteiger partial charge in [0, 0.05) is 29.8 Å². The molecule has 1 aromatic rings. The van der Waals surface area contributed by atoms with Crippen LogP contribution in [-0.2, 0) is 6.54 Å². The Morgan fingerprint density at radius 3 is 2.67 bits per heavy atom. The minimum atomic E-state index is -0.109. The van der Waals surface area contributed by atoms with Crippen LogP contribution in [0.3, 0.4) is 0 Å². The van der Waals surface area contributed by atoms with Crippen molar-refractivity contribution in [3.8, 4) is 0 Å². The van der Waals surface area contributed by atoms with E-state index in [1.807, 2.05) is 20.2 Å². The fraction of sp³-hybridized carbons (Fsp3) is 0.571. The summed E-state index contributed by atoms with van der Waals surface area (Å²) in [5, 5.41) is 3.34. The number of nitrogens with one attached hydrogen (secondary N) is 1. The Labute approximate surface area is 114 Å². The van der Waals surface area contributed by atoms with Gasteiger partial charge in [0.2, 0.25) is 0 Å². The van der Waals surface area contributed by atoms with Gasteiger partial charge in [-0.05, 0) is 25.7 Å². The number of hydrogen-bond acceptors (Lipinski definition) is 3. The van der Waals surface area contributed by atoms with Crippen LogP contribution in [0, 0.1) is 5.82 Å². The summed E-state index contributed by atoms with van der Waals surface area (Å²) in [4.78, 5) is 2.90. The summed E-state index contributed by atoms with van der Waals surface area (Å²) in [7, 11) is 4.06. The molecule has 0 radical (unpaired) electrons. The Morgan fingerprint density at radius 1 is 1.33 bits per heavy atom. The number of thioether (sulfide) groups is 1. The molecule has 102 valence electrons. The third kappa shape index (κ3) is 5.38. The zero-order chi connectivity index (χ0) is 13.5. The number of halogens is 1. The molecule has 0 amide bonds. The maximum absolute atomic E-state index is 13.8. The molecule has 0 bridgehead atoms. The van der Waals surface area contributed by atoms with Crippen LogP contribution in [0.15, 0.2) is 23.1 Å². The van der Waals surface area contributed by atoms with E-state index in [0.29, 0.717) is 6.04 Å². The number of hydrogen-bond donors (Lipinski definition) is 1. The summed E-state index contributed by atoms with van der Waals surface area (Å²) in [5.74, 6) is 0.796. The normalized spacial score (nSPS) is 11.5. The van der Waals surface area contributed by atoms with E-state index in [1.165, 1.54) is 6.07 Å². The lowest BCUT2D eigenvalue weighted by atomic mass is 10.2. The molecule has 1 N–H and O–H groups in total. The van der Waals surface area contributed by atoms with E-state index in [9.17, 15) is 4.39 Å². The Bertz CT molecular complexity index is 367. The maximum atomic E-state index is 13.8. The molecule has 0 aliphatic carbocycles. The molecule has 0 saturated heterocycles. The van der Waals surface area contributed by atoms with Gasteiger partial charge < -0.3 is 10.2 Å². The van der Waals surface area contributed by atoms with E-state index in [0.717, 1.165) is 29.3 Å². The fourth-order valence-corrected chi connectivity index (χ4v) is 2.69. The van der Waals surface area contributed by atoms with Gasteiger partial charge in [-0.2, -0.15) is 0 Å². The van der Waals surface area contributed by atoms with Gasteiger partial charge in [0.1, 0.15) is 5.82 Å². The van der Waals surface area contributed by atoms with Crippen molar-refractivity contribution in [2.24, 2.45) is 0 Å². The second kappa shape index (κ2) is 7.77. The van der Waals surface area contributed by atoms with Crippen LogP contribution in [-0.4, -0.2) is 37.3 Å². The van der Waals surface area contributed by atoms with E-state index in [4.69, 9.17) is 0 Å². The molecule has 1 aromatic carbocycles. The Morgan fingerprint density at radius 2 is 2.06 bits per heavy atom. The van der Waals surface area contributed by atoms with Gasteiger partial charge in [0.25, 0.3) is 0 Å². The summed E-state index contributed by atoms with van der Waals surface area (Å²) in [6.45, 7) is 5.87. The minimum absolute atomic E-state index is 0.109. The van der Waals surface area contributed by atoms with Crippen LogP contribution >= 0.6 is 11.8 Å². The van der Waals surface area contributed by atoms with E-state index >= 15 is 0 Å².